The fraction of sp³-hybridized carbons (Fsp3) is 0.333. The van der Waals surface area contributed by atoms with Gasteiger partial charge in [0.05, 0.1) is 9.72 Å². The number of nitrogens with one attached hydrogen (secondary N) is 1. The number of para-hydroxylation sites is 1. The van der Waals surface area contributed by atoms with Gasteiger partial charge in [-0.25, -0.2) is 4.98 Å². The van der Waals surface area contributed by atoms with Crippen LogP contribution in [0.2, 0.25) is 5.02 Å². The van der Waals surface area contributed by atoms with Gasteiger partial charge in [0.2, 0.25) is 5.91 Å². The lowest BCUT2D eigenvalue weighted by atomic mass is 9.96. The highest BCUT2D eigenvalue weighted by molar-refractivity contribution is 7.22. The first-order chi connectivity index (χ1) is 7.88. The van der Waals surface area contributed by atoms with E-state index in [0.717, 1.165) is 10.2 Å². The Labute approximate surface area is 109 Å². The Kier molecular flexibility index (Phi) is 3.10. The number of carbonyl (C=O) groups is 1. The number of carbonyl (C=O) groups excluding carboxylic acids is 1. The Balaban J connectivity index is 2.32. The molecule has 0 bridgehead atoms. The zero-order chi connectivity index (χ0) is 12.6. The first kappa shape index (κ1) is 12.3. The molecule has 1 aromatic carbocycles. The van der Waals surface area contributed by atoms with Gasteiger partial charge in [-0.05, 0) is 12.1 Å². The molecule has 3 nitrogen and oxygen atoms in total. The molecule has 2 aromatic rings. The van der Waals surface area contributed by atoms with Crippen molar-refractivity contribution in [2.24, 2.45) is 5.41 Å². The average Bonchev–Trinajstić information content (AvgIpc) is 2.60. The quantitative estimate of drug-likeness (QED) is 0.851. The van der Waals surface area contributed by atoms with Crippen molar-refractivity contribution in [2.45, 2.75) is 20.8 Å². The second kappa shape index (κ2) is 4.27. The summed E-state index contributed by atoms with van der Waals surface area (Å²) in [6, 6.07) is 5.60. The topological polar surface area (TPSA) is 42.0 Å². The van der Waals surface area contributed by atoms with Crippen LogP contribution in [0.3, 0.4) is 0 Å². The lowest BCUT2D eigenvalue weighted by Gasteiger charge is -2.15. The molecule has 1 amide bonds. The summed E-state index contributed by atoms with van der Waals surface area (Å²) in [5.41, 5.74) is 0.310. The fourth-order valence-electron chi connectivity index (χ4n) is 1.25. The number of hydrogen-bond acceptors (Lipinski definition) is 3. The summed E-state index contributed by atoms with van der Waals surface area (Å²) in [5, 5.41) is 4.01. The van der Waals surface area contributed by atoms with Crippen molar-refractivity contribution in [3.8, 4) is 0 Å². The van der Waals surface area contributed by atoms with Crippen LogP contribution in [0.25, 0.3) is 10.2 Å². The number of halogens is 1. The van der Waals surface area contributed by atoms with E-state index >= 15 is 0 Å². The van der Waals surface area contributed by atoms with Crippen LogP contribution in [0.5, 0.6) is 0 Å². The minimum absolute atomic E-state index is 0.0484. The number of fused-ring (bicyclic) bond motifs is 1. The maximum absolute atomic E-state index is 11.8. The van der Waals surface area contributed by atoms with Crippen molar-refractivity contribution in [2.75, 3.05) is 5.32 Å². The standard InChI is InChI=1S/C12H13ClN2OS/c1-12(2,3)10(16)15-11-14-9-7(13)5-4-6-8(9)17-11/h4-6H,1-3H3,(H,14,15,16). The van der Waals surface area contributed by atoms with Crippen LogP contribution in [-0.2, 0) is 4.79 Å². The molecule has 2 rings (SSSR count). The molecule has 1 heterocycles. The van der Waals surface area contributed by atoms with E-state index in [-0.39, 0.29) is 5.91 Å². The number of hydrogen-bond donors (Lipinski definition) is 1. The highest BCUT2D eigenvalue weighted by atomic mass is 35.5. The molecule has 0 saturated carbocycles. The molecular weight excluding hydrogens is 256 g/mol. The van der Waals surface area contributed by atoms with Crippen LogP contribution < -0.4 is 5.32 Å². The Hall–Kier alpha value is -1.13. The molecule has 1 N–H and O–H groups in total. The molecule has 1 aromatic heterocycles. The molecule has 0 unspecified atom stereocenters. The highest BCUT2D eigenvalue weighted by Crippen LogP contribution is 2.31. The van der Waals surface area contributed by atoms with E-state index in [0.29, 0.717) is 10.2 Å². The maximum atomic E-state index is 11.8. The summed E-state index contributed by atoms with van der Waals surface area (Å²) < 4.78 is 0.974. The molecule has 17 heavy (non-hydrogen) atoms. The molecule has 90 valence electrons. The van der Waals surface area contributed by atoms with E-state index in [9.17, 15) is 4.79 Å². The molecule has 0 atom stereocenters. The van der Waals surface area contributed by atoms with E-state index in [4.69, 9.17) is 11.6 Å². The van der Waals surface area contributed by atoms with Gasteiger partial charge in [-0.3, -0.25) is 4.79 Å². The largest absolute Gasteiger partial charge is 0.301 e. The lowest BCUT2D eigenvalue weighted by molar-refractivity contribution is -0.123. The predicted molar refractivity (Wildman–Crippen MR) is 72.7 cm³/mol. The molecule has 0 saturated heterocycles. The third kappa shape index (κ3) is 2.58. The molecule has 0 radical (unpaired) electrons. The number of benzene rings is 1. The minimum Gasteiger partial charge on any atom is -0.301 e. The van der Waals surface area contributed by atoms with Crippen LogP contribution in [-0.4, -0.2) is 10.9 Å². The first-order valence-corrected chi connectivity index (χ1v) is 6.44. The summed E-state index contributed by atoms with van der Waals surface area (Å²) in [6.45, 7) is 5.59. The Bertz CT molecular complexity index is 571. The third-order valence-corrected chi connectivity index (χ3v) is 3.51. The van der Waals surface area contributed by atoms with Gasteiger partial charge >= 0.3 is 0 Å². The molecule has 0 aliphatic carbocycles. The zero-order valence-corrected chi connectivity index (χ0v) is 11.4. The van der Waals surface area contributed by atoms with Gasteiger partial charge in [0.15, 0.2) is 5.13 Å². The van der Waals surface area contributed by atoms with Crippen LogP contribution in [0, 0.1) is 5.41 Å². The normalized spacial score (nSPS) is 11.8. The first-order valence-electron chi connectivity index (χ1n) is 5.24. The van der Waals surface area contributed by atoms with Gasteiger partial charge in [-0.1, -0.05) is 49.8 Å². The van der Waals surface area contributed by atoms with Gasteiger partial charge in [0.25, 0.3) is 0 Å². The van der Waals surface area contributed by atoms with E-state index in [1.165, 1.54) is 11.3 Å². The van der Waals surface area contributed by atoms with E-state index in [2.05, 4.69) is 10.3 Å². The molecular formula is C12H13ClN2OS. The fourth-order valence-corrected chi connectivity index (χ4v) is 2.41. The predicted octanol–water partition coefficient (Wildman–Crippen LogP) is 3.93. The number of nitrogens with zero attached hydrogens (tertiary/aromatic N) is 1. The number of amides is 1. The minimum atomic E-state index is -0.429. The second-order valence-electron chi connectivity index (χ2n) is 4.81. The summed E-state index contributed by atoms with van der Waals surface area (Å²) in [6.07, 6.45) is 0. The van der Waals surface area contributed by atoms with Crippen molar-refractivity contribution in [1.29, 1.82) is 0 Å². The number of rotatable bonds is 1. The second-order valence-corrected chi connectivity index (χ2v) is 6.25. The number of aromatic nitrogens is 1. The van der Waals surface area contributed by atoms with E-state index in [1.54, 1.807) is 6.07 Å². The van der Waals surface area contributed by atoms with Crippen molar-refractivity contribution >= 4 is 44.2 Å². The number of anilines is 1. The molecule has 5 heteroatoms. The lowest BCUT2D eigenvalue weighted by Crippen LogP contribution is -2.27. The Morgan fingerprint density at radius 2 is 2.12 bits per heavy atom. The highest BCUT2D eigenvalue weighted by Gasteiger charge is 2.22. The van der Waals surface area contributed by atoms with E-state index < -0.39 is 5.41 Å². The van der Waals surface area contributed by atoms with Crippen molar-refractivity contribution in [1.82, 2.24) is 4.98 Å². The molecule has 0 aliphatic rings. The molecule has 0 aliphatic heterocycles. The van der Waals surface area contributed by atoms with Crippen molar-refractivity contribution in [3.05, 3.63) is 23.2 Å². The Morgan fingerprint density at radius 3 is 2.71 bits per heavy atom. The maximum Gasteiger partial charge on any atom is 0.231 e. The van der Waals surface area contributed by atoms with Gasteiger partial charge < -0.3 is 5.32 Å². The SMILES string of the molecule is CC(C)(C)C(=O)Nc1nc2c(Cl)cccc2s1. The zero-order valence-electron chi connectivity index (χ0n) is 9.87. The van der Waals surface area contributed by atoms with Crippen LogP contribution in [0.1, 0.15) is 20.8 Å². The summed E-state index contributed by atoms with van der Waals surface area (Å²) in [4.78, 5) is 16.1. The smallest absolute Gasteiger partial charge is 0.231 e. The Morgan fingerprint density at radius 1 is 1.41 bits per heavy atom. The third-order valence-electron chi connectivity index (χ3n) is 2.27. The molecule has 0 fully saturated rings. The van der Waals surface area contributed by atoms with Gasteiger partial charge in [0, 0.05) is 5.41 Å². The van der Waals surface area contributed by atoms with Gasteiger partial charge in [-0.15, -0.1) is 0 Å². The average molecular weight is 269 g/mol. The summed E-state index contributed by atoms with van der Waals surface area (Å²) >= 11 is 7.46. The van der Waals surface area contributed by atoms with Crippen LogP contribution in [0.15, 0.2) is 18.2 Å². The van der Waals surface area contributed by atoms with Crippen molar-refractivity contribution in [3.63, 3.8) is 0 Å². The van der Waals surface area contributed by atoms with Crippen LogP contribution in [0.4, 0.5) is 5.13 Å². The summed E-state index contributed by atoms with van der Waals surface area (Å²) in [5.74, 6) is -0.0484. The number of thiazole rings is 1. The monoisotopic (exact) mass is 268 g/mol. The van der Waals surface area contributed by atoms with E-state index in [1.807, 2.05) is 32.9 Å². The molecule has 0 spiro atoms. The van der Waals surface area contributed by atoms with Crippen LogP contribution >= 0.6 is 22.9 Å². The van der Waals surface area contributed by atoms with Gasteiger partial charge in [0.1, 0.15) is 5.52 Å². The van der Waals surface area contributed by atoms with Gasteiger partial charge in [-0.2, -0.15) is 0 Å². The van der Waals surface area contributed by atoms with Crippen molar-refractivity contribution < 1.29 is 4.79 Å². The summed E-state index contributed by atoms with van der Waals surface area (Å²) in [7, 11) is 0.